The molecule has 2 unspecified atom stereocenters. The van der Waals surface area contributed by atoms with Gasteiger partial charge in [0.2, 0.25) is 0 Å². The molecule has 0 rings (SSSR count). The Morgan fingerprint density at radius 1 is 1.53 bits per heavy atom. The van der Waals surface area contributed by atoms with Gasteiger partial charge < -0.3 is 20.7 Å². The van der Waals surface area contributed by atoms with Crippen LogP contribution in [0.3, 0.4) is 0 Å². The Hall–Kier alpha value is -0.870. The van der Waals surface area contributed by atoms with Gasteiger partial charge in [0.1, 0.15) is 6.04 Å². The first-order valence-corrected chi connectivity index (χ1v) is 7.49. The van der Waals surface area contributed by atoms with Gasteiger partial charge in [0.25, 0.3) is 0 Å². The fourth-order valence-electron chi connectivity index (χ4n) is 1.17. The Morgan fingerprint density at radius 2 is 2.18 bits per heavy atom. The van der Waals surface area contributed by atoms with Crippen LogP contribution in [0.2, 0.25) is 0 Å². The van der Waals surface area contributed by atoms with E-state index >= 15 is 0 Å². The minimum atomic E-state index is -1.07. The average molecular weight is 264 g/mol. The predicted octanol–water partition coefficient (Wildman–Crippen LogP) is 1.34. The van der Waals surface area contributed by atoms with E-state index in [1.165, 1.54) is 0 Å². The van der Waals surface area contributed by atoms with Gasteiger partial charge in [-0.1, -0.05) is 13.3 Å². The summed E-state index contributed by atoms with van der Waals surface area (Å²) in [7, 11) is -0.630. The number of unbranched alkanes of at least 4 members (excludes halogenated alkanes) is 1. The summed E-state index contributed by atoms with van der Waals surface area (Å²) < 4.78 is 5.55. The standard InChI is InChI=1S/C10H21N2O4P/c1-3-4-6-16-17(2)7-5-8(9(13)14)12-10(11)15/h8H,3-7H2,1-2H3,(H,13,14)(H3,11,12,15). The molecule has 2 atom stereocenters. The number of carbonyl (C=O) groups is 2. The molecule has 0 heterocycles. The minimum Gasteiger partial charge on any atom is -0.480 e. The summed E-state index contributed by atoms with van der Waals surface area (Å²) in [5.74, 6) is -1.07. The molecule has 0 radical (unpaired) electrons. The molecule has 2 amide bonds. The van der Waals surface area contributed by atoms with Crippen LogP contribution in [0.15, 0.2) is 0 Å². The van der Waals surface area contributed by atoms with Gasteiger partial charge in [-0.15, -0.1) is 0 Å². The average Bonchev–Trinajstić information content (AvgIpc) is 2.23. The molecule has 6 nitrogen and oxygen atoms in total. The van der Waals surface area contributed by atoms with Gasteiger partial charge in [-0.05, 0) is 25.7 Å². The molecule has 0 aromatic rings. The number of carboxylic acids is 1. The largest absolute Gasteiger partial charge is 0.480 e. The number of carbonyl (C=O) groups excluding carboxylic acids is 1. The molecule has 0 aromatic carbocycles. The molecule has 0 bridgehead atoms. The lowest BCUT2D eigenvalue weighted by Crippen LogP contribution is -2.43. The van der Waals surface area contributed by atoms with Crippen LogP contribution in [0.4, 0.5) is 4.79 Å². The van der Waals surface area contributed by atoms with Crippen molar-refractivity contribution in [2.45, 2.75) is 32.2 Å². The van der Waals surface area contributed by atoms with Crippen LogP contribution in [0.25, 0.3) is 0 Å². The van der Waals surface area contributed by atoms with Crippen molar-refractivity contribution in [3.8, 4) is 0 Å². The first-order chi connectivity index (χ1) is 7.97. The lowest BCUT2D eigenvalue weighted by molar-refractivity contribution is -0.139. The lowest BCUT2D eigenvalue weighted by Gasteiger charge is -2.16. The van der Waals surface area contributed by atoms with Crippen molar-refractivity contribution in [3.63, 3.8) is 0 Å². The molecule has 0 saturated carbocycles. The normalized spacial score (nSPS) is 14.0. The van der Waals surface area contributed by atoms with E-state index in [0.717, 1.165) is 12.8 Å². The van der Waals surface area contributed by atoms with E-state index in [9.17, 15) is 9.59 Å². The number of nitrogens with one attached hydrogen (secondary N) is 1. The number of hydrogen-bond acceptors (Lipinski definition) is 3. The zero-order chi connectivity index (χ0) is 13.3. The van der Waals surface area contributed by atoms with E-state index in [2.05, 4.69) is 12.2 Å². The van der Waals surface area contributed by atoms with Crippen LogP contribution in [0.1, 0.15) is 26.2 Å². The summed E-state index contributed by atoms with van der Waals surface area (Å²) in [6.45, 7) is 4.74. The van der Waals surface area contributed by atoms with Crippen molar-refractivity contribution in [1.82, 2.24) is 5.32 Å². The second kappa shape index (κ2) is 9.19. The highest BCUT2D eigenvalue weighted by molar-refractivity contribution is 7.51. The van der Waals surface area contributed by atoms with Gasteiger partial charge in [0.05, 0.1) is 6.61 Å². The van der Waals surface area contributed by atoms with Crippen molar-refractivity contribution in [2.75, 3.05) is 19.4 Å². The van der Waals surface area contributed by atoms with Gasteiger partial charge in [-0.2, -0.15) is 0 Å². The topological polar surface area (TPSA) is 102 Å². The van der Waals surface area contributed by atoms with Crippen LogP contribution >= 0.6 is 8.15 Å². The maximum Gasteiger partial charge on any atom is 0.326 e. The Kier molecular flexibility index (Phi) is 8.72. The van der Waals surface area contributed by atoms with Gasteiger partial charge in [-0.3, -0.25) is 0 Å². The summed E-state index contributed by atoms with van der Waals surface area (Å²) in [5, 5.41) is 11.0. The zero-order valence-electron chi connectivity index (χ0n) is 10.3. The van der Waals surface area contributed by atoms with Gasteiger partial charge in [0.15, 0.2) is 0 Å². The number of urea groups is 1. The van der Waals surface area contributed by atoms with Crippen molar-refractivity contribution in [3.05, 3.63) is 0 Å². The maximum absolute atomic E-state index is 10.8. The minimum absolute atomic E-state index is 0.340. The summed E-state index contributed by atoms with van der Waals surface area (Å²) in [6.07, 6.45) is 3.06. The number of hydrogen-bond donors (Lipinski definition) is 3. The molecule has 0 aliphatic heterocycles. The van der Waals surface area contributed by atoms with E-state index in [4.69, 9.17) is 15.4 Å². The van der Waals surface area contributed by atoms with Crippen molar-refractivity contribution < 1.29 is 19.2 Å². The number of carboxylic acid groups (broad SMARTS) is 1. The molecule has 0 aliphatic carbocycles. The zero-order valence-corrected chi connectivity index (χ0v) is 11.2. The second-order valence-electron chi connectivity index (χ2n) is 3.73. The summed E-state index contributed by atoms with van der Waals surface area (Å²) in [6, 6.07) is -1.74. The SMILES string of the molecule is CCCCOP(C)CCC(NC(N)=O)C(=O)O. The maximum atomic E-state index is 10.8. The molecule has 0 fully saturated rings. The number of aliphatic carboxylic acids is 1. The van der Waals surface area contributed by atoms with Crippen molar-refractivity contribution in [1.29, 1.82) is 0 Å². The van der Waals surface area contributed by atoms with E-state index in [1.807, 2.05) is 6.66 Å². The molecule has 100 valence electrons. The fourth-order valence-corrected chi connectivity index (χ4v) is 2.36. The van der Waals surface area contributed by atoms with Gasteiger partial charge >= 0.3 is 12.0 Å². The summed E-state index contributed by atoms with van der Waals surface area (Å²) in [4.78, 5) is 21.4. The lowest BCUT2D eigenvalue weighted by atomic mass is 10.2. The fraction of sp³-hybridized carbons (Fsp3) is 0.800. The van der Waals surface area contributed by atoms with Gasteiger partial charge in [0, 0.05) is 8.15 Å². The Morgan fingerprint density at radius 3 is 2.65 bits per heavy atom. The third-order valence-electron chi connectivity index (χ3n) is 2.16. The molecule has 4 N–H and O–H groups in total. The number of rotatable bonds is 9. The monoisotopic (exact) mass is 264 g/mol. The van der Waals surface area contributed by atoms with Crippen LogP contribution in [-0.4, -0.2) is 42.6 Å². The Bertz CT molecular complexity index is 250. The molecule has 0 aromatic heterocycles. The summed E-state index contributed by atoms with van der Waals surface area (Å²) in [5.41, 5.74) is 4.90. The molecule has 7 heteroatoms. The molecular formula is C10H21N2O4P. The van der Waals surface area contributed by atoms with Gasteiger partial charge in [-0.25, -0.2) is 9.59 Å². The molecule has 0 spiro atoms. The highest BCUT2D eigenvalue weighted by Gasteiger charge is 2.19. The Balaban J connectivity index is 3.87. The third kappa shape index (κ3) is 8.89. The highest BCUT2D eigenvalue weighted by Crippen LogP contribution is 2.33. The second-order valence-corrected chi connectivity index (χ2v) is 5.69. The quantitative estimate of drug-likeness (QED) is 0.432. The van der Waals surface area contributed by atoms with E-state index in [0.29, 0.717) is 19.2 Å². The van der Waals surface area contributed by atoms with Crippen LogP contribution in [0.5, 0.6) is 0 Å². The van der Waals surface area contributed by atoms with Crippen molar-refractivity contribution in [2.24, 2.45) is 5.73 Å². The van der Waals surface area contributed by atoms with Crippen molar-refractivity contribution >= 4 is 20.1 Å². The predicted molar refractivity (Wildman–Crippen MR) is 67.3 cm³/mol. The highest BCUT2D eigenvalue weighted by atomic mass is 31.1. The van der Waals surface area contributed by atoms with E-state index < -0.39 is 26.2 Å². The molecule has 17 heavy (non-hydrogen) atoms. The van der Waals surface area contributed by atoms with Crippen LogP contribution in [0, 0.1) is 0 Å². The van der Waals surface area contributed by atoms with E-state index in [-0.39, 0.29) is 0 Å². The molecule has 0 aliphatic rings. The summed E-state index contributed by atoms with van der Waals surface area (Å²) >= 11 is 0. The molecule has 0 saturated heterocycles. The number of nitrogens with two attached hydrogens (primary N) is 1. The first kappa shape index (κ1) is 16.1. The number of primary amides is 1. The molecular weight excluding hydrogens is 243 g/mol. The number of amides is 2. The van der Waals surface area contributed by atoms with Crippen LogP contribution in [-0.2, 0) is 9.32 Å². The third-order valence-corrected chi connectivity index (χ3v) is 3.67. The van der Waals surface area contributed by atoms with E-state index in [1.54, 1.807) is 0 Å². The Labute approximate surface area is 103 Å². The smallest absolute Gasteiger partial charge is 0.326 e. The van der Waals surface area contributed by atoms with Crippen LogP contribution < -0.4 is 11.1 Å². The first-order valence-electron chi connectivity index (χ1n) is 5.60.